The number of hydrogen-bond donors (Lipinski definition) is 1. The fraction of sp³-hybridized carbons (Fsp3) is 0.571. The number of nitrogens with zero attached hydrogens (tertiary/aromatic N) is 1. The lowest BCUT2D eigenvalue weighted by Crippen LogP contribution is -2.40. The number of piperidine rings is 1. The molecule has 1 aliphatic carbocycles. The third-order valence-corrected chi connectivity index (χ3v) is 6.97. The van der Waals surface area contributed by atoms with Crippen molar-refractivity contribution >= 4 is 40.9 Å². The molecule has 1 N–H and O–H groups in total. The zero-order valence-electron chi connectivity index (χ0n) is 15.7. The minimum atomic E-state index is -0.650. The molecule has 3 amide bonds. The second-order valence-corrected chi connectivity index (χ2v) is 9.22. The van der Waals surface area contributed by atoms with Gasteiger partial charge in [-0.25, -0.2) is 0 Å². The molecule has 5 nitrogen and oxygen atoms in total. The summed E-state index contributed by atoms with van der Waals surface area (Å²) in [5.41, 5.74) is 0.473. The van der Waals surface area contributed by atoms with Gasteiger partial charge in [-0.2, -0.15) is 0 Å². The molecule has 1 saturated carbocycles. The standard InChI is InChI=1S/C21H24Cl2N2O3/c22-16-9-14(10-17(23)11-16)13-4-7-25(8-5-13)19(27)3-6-21(15-1-2-15)12-18(26)24-20(21)28/h9-11,13,15H,1-8,12H2,(H,24,26,28). The van der Waals surface area contributed by atoms with Gasteiger partial charge in [-0.15, -0.1) is 0 Å². The van der Waals surface area contributed by atoms with Crippen LogP contribution in [0.2, 0.25) is 10.0 Å². The van der Waals surface area contributed by atoms with Crippen molar-refractivity contribution in [2.24, 2.45) is 11.3 Å². The van der Waals surface area contributed by atoms with Crippen molar-refractivity contribution in [1.29, 1.82) is 0 Å². The summed E-state index contributed by atoms with van der Waals surface area (Å²) in [6, 6.07) is 5.63. The first-order chi connectivity index (χ1) is 13.4. The molecule has 2 heterocycles. The van der Waals surface area contributed by atoms with Gasteiger partial charge < -0.3 is 4.90 Å². The Labute approximate surface area is 174 Å². The number of halogens is 2. The third kappa shape index (κ3) is 3.92. The van der Waals surface area contributed by atoms with E-state index in [0.717, 1.165) is 31.2 Å². The summed E-state index contributed by atoms with van der Waals surface area (Å²) in [6.07, 6.45) is 4.72. The van der Waals surface area contributed by atoms with Crippen molar-refractivity contribution < 1.29 is 14.4 Å². The SMILES string of the molecule is O=C1CC(CCC(=O)N2CCC(c3cc(Cl)cc(Cl)c3)CC2)(C2CC2)C(=O)N1. The van der Waals surface area contributed by atoms with Gasteiger partial charge in [-0.1, -0.05) is 23.2 Å². The zero-order chi connectivity index (χ0) is 19.9. The number of carbonyl (C=O) groups excluding carboxylic acids is 3. The van der Waals surface area contributed by atoms with E-state index in [1.165, 1.54) is 0 Å². The van der Waals surface area contributed by atoms with Gasteiger partial charge in [0.2, 0.25) is 17.7 Å². The Kier molecular flexibility index (Phi) is 5.41. The van der Waals surface area contributed by atoms with E-state index in [4.69, 9.17) is 23.2 Å². The van der Waals surface area contributed by atoms with E-state index in [1.54, 1.807) is 6.07 Å². The summed E-state index contributed by atoms with van der Waals surface area (Å²) >= 11 is 12.2. The fourth-order valence-electron chi connectivity index (χ4n) is 4.79. The minimum absolute atomic E-state index is 0.0785. The van der Waals surface area contributed by atoms with E-state index < -0.39 is 5.41 Å². The highest BCUT2D eigenvalue weighted by molar-refractivity contribution is 6.34. The fourth-order valence-corrected chi connectivity index (χ4v) is 5.34. The molecule has 0 bridgehead atoms. The average molecular weight is 423 g/mol. The molecule has 0 aromatic heterocycles. The largest absolute Gasteiger partial charge is 0.343 e. The van der Waals surface area contributed by atoms with Crippen molar-refractivity contribution in [2.45, 2.75) is 50.9 Å². The summed E-state index contributed by atoms with van der Waals surface area (Å²) in [7, 11) is 0. The summed E-state index contributed by atoms with van der Waals surface area (Å²) < 4.78 is 0. The van der Waals surface area contributed by atoms with Crippen molar-refractivity contribution in [3.8, 4) is 0 Å². The Morgan fingerprint density at radius 1 is 1.07 bits per heavy atom. The zero-order valence-corrected chi connectivity index (χ0v) is 17.2. The van der Waals surface area contributed by atoms with Crippen LogP contribution in [0.25, 0.3) is 0 Å². The average Bonchev–Trinajstić information content (AvgIpc) is 3.45. The number of benzene rings is 1. The molecule has 0 spiro atoms. The van der Waals surface area contributed by atoms with Crippen LogP contribution in [0.3, 0.4) is 0 Å². The van der Waals surface area contributed by atoms with Gasteiger partial charge in [-0.05, 0) is 67.7 Å². The first-order valence-corrected chi connectivity index (χ1v) is 10.7. The molecule has 3 fully saturated rings. The smallest absolute Gasteiger partial charge is 0.233 e. The monoisotopic (exact) mass is 422 g/mol. The molecule has 3 aliphatic rings. The van der Waals surface area contributed by atoms with Gasteiger partial charge in [0.25, 0.3) is 0 Å². The van der Waals surface area contributed by atoms with Crippen molar-refractivity contribution in [3.05, 3.63) is 33.8 Å². The Hall–Kier alpha value is -1.59. The maximum Gasteiger partial charge on any atom is 0.233 e. The van der Waals surface area contributed by atoms with E-state index in [-0.39, 0.29) is 30.1 Å². The van der Waals surface area contributed by atoms with Gasteiger partial charge in [0.15, 0.2) is 0 Å². The number of likely N-dealkylation sites (tertiary alicyclic amines) is 1. The summed E-state index contributed by atoms with van der Waals surface area (Å²) in [5.74, 6) is 0.297. The number of rotatable bonds is 5. The molecular formula is C21H24Cl2N2O3. The van der Waals surface area contributed by atoms with Crippen molar-refractivity contribution in [2.75, 3.05) is 13.1 Å². The third-order valence-electron chi connectivity index (χ3n) is 6.53. The van der Waals surface area contributed by atoms with Crippen molar-refractivity contribution in [1.82, 2.24) is 10.2 Å². The number of imide groups is 1. The van der Waals surface area contributed by atoms with Crippen LogP contribution in [0.1, 0.15) is 56.4 Å². The molecule has 1 aromatic carbocycles. The number of amides is 3. The molecule has 0 radical (unpaired) electrons. The van der Waals surface area contributed by atoms with Crippen LogP contribution >= 0.6 is 23.2 Å². The van der Waals surface area contributed by atoms with Crippen LogP contribution < -0.4 is 5.32 Å². The molecule has 150 valence electrons. The molecule has 1 atom stereocenters. The Morgan fingerprint density at radius 3 is 2.25 bits per heavy atom. The van der Waals surface area contributed by atoms with E-state index >= 15 is 0 Å². The second-order valence-electron chi connectivity index (χ2n) is 8.34. The maximum absolute atomic E-state index is 12.7. The predicted octanol–water partition coefficient (Wildman–Crippen LogP) is 3.92. The van der Waals surface area contributed by atoms with Gasteiger partial charge in [0, 0.05) is 36.0 Å². The van der Waals surface area contributed by atoms with E-state index in [0.29, 0.717) is 41.9 Å². The topological polar surface area (TPSA) is 66.5 Å². The summed E-state index contributed by atoms with van der Waals surface area (Å²) in [6.45, 7) is 1.38. The molecular weight excluding hydrogens is 399 g/mol. The Morgan fingerprint density at radius 2 is 1.71 bits per heavy atom. The van der Waals surface area contributed by atoms with Crippen LogP contribution in [0, 0.1) is 11.3 Å². The lowest BCUT2D eigenvalue weighted by molar-refractivity contribution is -0.134. The lowest BCUT2D eigenvalue weighted by Gasteiger charge is -2.33. The molecule has 2 aliphatic heterocycles. The van der Waals surface area contributed by atoms with Gasteiger partial charge >= 0.3 is 0 Å². The van der Waals surface area contributed by atoms with Gasteiger partial charge in [-0.3, -0.25) is 19.7 Å². The molecule has 1 aromatic rings. The Balaban J connectivity index is 1.33. The highest BCUT2D eigenvalue weighted by atomic mass is 35.5. The molecule has 1 unspecified atom stereocenters. The van der Waals surface area contributed by atoms with Crippen LogP contribution in [0.15, 0.2) is 18.2 Å². The quantitative estimate of drug-likeness (QED) is 0.730. The van der Waals surface area contributed by atoms with Crippen LogP contribution in [-0.4, -0.2) is 35.7 Å². The Bertz CT molecular complexity index is 796. The summed E-state index contributed by atoms with van der Waals surface area (Å²) in [5, 5.41) is 3.71. The highest BCUT2D eigenvalue weighted by Gasteiger charge is 2.55. The molecule has 28 heavy (non-hydrogen) atoms. The number of hydrogen-bond acceptors (Lipinski definition) is 3. The van der Waals surface area contributed by atoms with E-state index in [9.17, 15) is 14.4 Å². The van der Waals surface area contributed by atoms with E-state index in [2.05, 4.69) is 5.32 Å². The minimum Gasteiger partial charge on any atom is -0.343 e. The molecule has 4 rings (SSSR count). The van der Waals surface area contributed by atoms with E-state index in [1.807, 2.05) is 17.0 Å². The van der Waals surface area contributed by atoms with Crippen LogP contribution in [-0.2, 0) is 14.4 Å². The maximum atomic E-state index is 12.7. The predicted molar refractivity (Wildman–Crippen MR) is 107 cm³/mol. The van der Waals surface area contributed by atoms with Gasteiger partial charge in [0.05, 0.1) is 5.41 Å². The first-order valence-electron chi connectivity index (χ1n) is 9.95. The second kappa shape index (κ2) is 7.68. The van der Waals surface area contributed by atoms with Crippen molar-refractivity contribution in [3.63, 3.8) is 0 Å². The normalized spacial score (nSPS) is 25.9. The van der Waals surface area contributed by atoms with Crippen LogP contribution in [0.4, 0.5) is 0 Å². The number of carbonyl (C=O) groups is 3. The van der Waals surface area contributed by atoms with Crippen LogP contribution in [0.5, 0.6) is 0 Å². The van der Waals surface area contributed by atoms with Gasteiger partial charge in [0.1, 0.15) is 0 Å². The number of nitrogens with one attached hydrogen (secondary N) is 1. The molecule has 7 heteroatoms. The first kappa shape index (κ1) is 19.7. The lowest BCUT2D eigenvalue weighted by atomic mass is 9.76. The summed E-state index contributed by atoms with van der Waals surface area (Å²) in [4.78, 5) is 38.7. The highest BCUT2D eigenvalue weighted by Crippen LogP contribution is 2.52. The molecule has 2 saturated heterocycles.